The molecule has 0 atom stereocenters. The molecule has 2 aromatic carbocycles. The van der Waals surface area contributed by atoms with Crippen LogP contribution in [0.4, 0.5) is 11.5 Å². The highest BCUT2D eigenvalue weighted by Crippen LogP contribution is 2.34. The van der Waals surface area contributed by atoms with Crippen molar-refractivity contribution >= 4 is 39.7 Å². The number of benzene rings is 2. The quantitative estimate of drug-likeness (QED) is 0.306. The Kier molecular flexibility index (Phi) is 5.93. The van der Waals surface area contributed by atoms with Gasteiger partial charge in [0, 0.05) is 42.8 Å². The standard InChI is InChI=1S/C24H20ClN5O3/c1-31-10-11-32-17-3-4-21-19(13-17)24(28-15-27-21)29-16-2-5-22(20(25)12-16)33-18-6-8-30-9-7-26-23(30)14-18/h2-9,12-15H,10-11H2,1H3,(H,27,28,29). The number of halogens is 1. The second-order valence-electron chi connectivity index (χ2n) is 7.17. The monoisotopic (exact) mass is 461 g/mol. The molecule has 33 heavy (non-hydrogen) atoms. The number of ether oxygens (including phenoxy) is 3. The zero-order valence-corrected chi connectivity index (χ0v) is 18.5. The molecule has 0 bridgehead atoms. The summed E-state index contributed by atoms with van der Waals surface area (Å²) in [6, 6.07) is 14.9. The molecule has 5 aromatic rings. The fourth-order valence-electron chi connectivity index (χ4n) is 3.35. The molecule has 0 fully saturated rings. The van der Waals surface area contributed by atoms with E-state index in [1.165, 1.54) is 6.33 Å². The molecular weight excluding hydrogens is 442 g/mol. The summed E-state index contributed by atoms with van der Waals surface area (Å²) in [7, 11) is 1.64. The predicted molar refractivity (Wildman–Crippen MR) is 127 cm³/mol. The van der Waals surface area contributed by atoms with Gasteiger partial charge in [0.05, 0.1) is 17.1 Å². The molecule has 0 radical (unpaired) electrons. The third-order valence-corrected chi connectivity index (χ3v) is 5.25. The van der Waals surface area contributed by atoms with Gasteiger partial charge in [-0.1, -0.05) is 11.6 Å². The fourth-order valence-corrected chi connectivity index (χ4v) is 3.57. The molecule has 0 aliphatic carbocycles. The number of aromatic nitrogens is 4. The number of fused-ring (bicyclic) bond motifs is 2. The molecule has 0 spiro atoms. The zero-order chi connectivity index (χ0) is 22.6. The lowest BCUT2D eigenvalue weighted by Crippen LogP contribution is -2.04. The lowest BCUT2D eigenvalue weighted by atomic mass is 10.2. The van der Waals surface area contributed by atoms with E-state index in [4.69, 9.17) is 25.8 Å². The highest BCUT2D eigenvalue weighted by Gasteiger charge is 2.10. The van der Waals surface area contributed by atoms with E-state index in [1.807, 2.05) is 59.3 Å². The lowest BCUT2D eigenvalue weighted by molar-refractivity contribution is 0.146. The summed E-state index contributed by atoms with van der Waals surface area (Å²) in [4.78, 5) is 13.0. The molecule has 0 aliphatic rings. The van der Waals surface area contributed by atoms with Gasteiger partial charge in [-0.15, -0.1) is 0 Å². The molecule has 8 nitrogen and oxygen atoms in total. The van der Waals surface area contributed by atoms with Gasteiger partial charge in [-0.3, -0.25) is 0 Å². The van der Waals surface area contributed by atoms with Gasteiger partial charge >= 0.3 is 0 Å². The fraction of sp³-hybridized carbons (Fsp3) is 0.125. The van der Waals surface area contributed by atoms with Gasteiger partial charge in [-0.05, 0) is 42.5 Å². The van der Waals surface area contributed by atoms with E-state index in [-0.39, 0.29) is 0 Å². The van der Waals surface area contributed by atoms with Crippen molar-refractivity contribution < 1.29 is 14.2 Å². The van der Waals surface area contributed by atoms with Crippen LogP contribution in [0.15, 0.2) is 73.4 Å². The highest BCUT2D eigenvalue weighted by atomic mass is 35.5. The Balaban J connectivity index is 1.36. The molecule has 166 valence electrons. The van der Waals surface area contributed by atoms with E-state index < -0.39 is 0 Å². The number of hydrogen-bond donors (Lipinski definition) is 1. The zero-order valence-electron chi connectivity index (χ0n) is 17.7. The third kappa shape index (κ3) is 4.67. The summed E-state index contributed by atoms with van der Waals surface area (Å²) in [6.45, 7) is 0.973. The normalized spacial score (nSPS) is 11.1. The van der Waals surface area contributed by atoms with Crippen molar-refractivity contribution in [3.63, 3.8) is 0 Å². The number of pyridine rings is 1. The Labute approximate surface area is 194 Å². The summed E-state index contributed by atoms with van der Waals surface area (Å²) < 4.78 is 18.6. The first-order valence-corrected chi connectivity index (χ1v) is 10.6. The Morgan fingerprint density at radius 3 is 2.76 bits per heavy atom. The van der Waals surface area contributed by atoms with Crippen LogP contribution >= 0.6 is 11.6 Å². The maximum atomic E-state index is 6.51. The first kappa shape index (κ1) is 21.0. The van der Waals surface area contributed by atoms with Crippen LogP contribution < -0.4 is 14.8 Å². The average Bonchev–Trinajstić information content (AvgIpc) is 3.29. The van der Waals surface area contributed by atoms with Gasteiger partial charge in [0.15, 0.2) is 0 Å². The van der Waals surface area contributed by atoms with Crippen molar-refractivity contribution in [2.45, 2.75) is 0 Å². The largest absolute Gasteiger partial charge is 0.491 e. The lowest BCUT2D eigenvalue weighted by Gasteiger charge is -2.12. The topological polar surface area (TPSA) is 82.8 Å². The molecule has 5 rings (SSSR count). The number of rotatable bonds is 8. The first-order valence-electron chi connectivity index (χ1n) is 10.2. The minimum absolute atomic E-state index is 0.461. The van der Waals surface area contributed by atoms with Gasteiger partial charge in [-0.2, -0.15) is 0 Å². The molecular formula is C24H20ClN5O3. The Bertz CT molecular complexity index is 1420. The summed E-state index contributed by atoms with van der Waals surface area (Å²) in [5.74, 6) is 2.55. The molecule has 0 saturated carbocycles. The number of hydrogen-bond acceptors (Lipinski definition) is 7. The molecule has 3 heterocycles. The van der Waals surface area contributed by atoms with Gasteiger partial charge in [-0.25, -0.2) is 15.0 Å². The maximum absolute atomic E-state index is 6.51. The summed E-state index contributed by atoms with van der Waals surface area (Å²) in [5, 5.41) is 4.60. The summed E-state index contributed by atoms with van der Waals surface area (Å²) in [5.41, 5.74) is 2.36. The number of methoxy groups -OCH3 is 1. The SMILES string of the molecule is COCCOc1ccc2ncnc(Nc3ccc(Oc4ccn5ccnc5c4)c(Cl)c3)c2c1. The smallest absolute Gasteiger partial charge is 0.146 e. The van der Waals surface area contributed by atoms with Crippen LogP contribution in [0, 0.1) is 0 Å². The van der Waals surface area contributed by atoms with E-state index in [2.05, 4.69) is 20.3 Å². The van der Waals surface area contributed by atoms with E-state index in [1.54, 1.807) is 19.4 Å². The predicted octanol–water partition coefficient (Wildman–Crippen LogP) is 5.49. The molecule has 0 amide bonds. The second-order valence-corrected chi connectivity index (χ2v) is 7.58. The Hall–Kier alpha value is -3.88. The van der Waals surface area contributed by atoms with Crippen molar-refractivity contribution in [1.29, 1.82) is 0 Å². The minimum Gasteiger partial charge on any atom is -0.491 e. The van der Waals surface area contributed by atoms with Crippen LogP contribution in [0.2, 0.25) is 5.02 Å². The van der Waals surface area contributed by atoms with Crippen LogP contribution in [-0.4, -0.2) is 39.7 Å². The van der Waals surface area contributed by atoms with Crippen LogP contribution in [-0.2, 0) is 4.74 Å². The third-order valence-electron chi connectivity index (χ3n) is 4.95. The van der Waals surface area contributed by atoms with Gasteiger partial charge in [0.1, 0.15) is 41.6 Å². The first-order chi connectivity index (χ1) is 16.2. The number of imidazole rings is 1. The maximum Gasteiger partial charge on any atom is 0.146 e. The van der Waals surface area contributed by atoms with Crippen LogP contribution in [0.3, 0.4) is 0 Å². The summed E-state index contributed by atoms with van der Waals surface area (Å²) in [6.07, 6.45) is 7.01. The number of anilines is 2. The second kappa shape index (κ2) is 9.32. The van der Waals surface area contributed by atoms with Gasteiger partial charge in [0.25, 0.3) is 0 Å². The Morgan fingerprint density at radius 2 is 1.88 bits per heavy atom. The summed E-state index contributed by atoms with van der Waals surface area (Å²) >= 11 is 6.51. The minimum atomic E-state index is 0.461. The van der Waals surface area contributed by atoms with Gasteiger partial charge < -0.3 is 23.9 Å². The molecule has 0 aliphatic heterocycles. The molecule has 3 aromatic heterocycles. The van der Waals surface area contributed by atoms with E-state index in [9.17, 15) is 0 Å². The molecule has 0 unspecified atom stereocenters. The molecule has 9 heteroatoms. The van der Waals surface area contributed by atoms with Crippen molar-refractivity contribution in [3.05, 3.63) is 78.5 Å². The van der Waals surface area contributed by atoms with Crippen molar-refractivity contribution in [2.75, 3.05) is 25.6 Å². The highest BCUT2D eigenvalue weighted by molar-refractivity contribution is 6.32. The van der Waals surface area contributed by atoms with E-state index >= 15 is 0 Å². The Morgan fingerprint density at radius 1 is 0.939 bits per heavy atom. The van der Waals surface area contributed by atoms with Crippen molar-refractivity contribution in [2.24, 2.45) is 0 Å². The van der Waals surface area contributed by atoms with Crippen LogP contribution in [0.1, 0.15) is 0 Å². The van der Waals surface area contributed by atoms with Crippen LogP contribution in [0.25, 0.3) is 16.6 Å². The molecule has 1 N–H and O–H groups in total. The number of nitrogens with one attached hydrogen (secondary N) is 1. The van der Waals surface area contributed by atoms with E-state index in [0.717, 1.165) is 22.2 Å². The van der Waals surface area contributed by atoms with Crippen molar-refractivity contribution in [1.82, 2.24) is 19.4 Å². The molecule has 0 saturated heterocycles. The van der Waals surface area contributed by atoms with Gasteiger partial charge in [0.2, 0.25) is 0 Å². The van der Waals surface area contributed by atoms with Crippen molar-refractivity contribution in [3.8, 4) is 17.2 Å². The van der Waals surface area contributed by atoms with Crippen LogP contribution in [0.5, 0.6) is 17.2 Å². The number of nitrogens with zero attached hydrogens (tertiary/aromatic N) is 4. The average molecular weight is 462 g/mol. The van der Waals surface area contributed by atoms with E-state index in [0.29, 0.717) is 41.3 Å².